The third kappa shape index (κ3) is 4.02. The molecule has 3 nitrogen and oxygen atoms in total. The van der Waals surface area contributed by atoms with Crippen LogP contribution in [0.4, 0.5) is 0 Å². The van der Waals surface area contributed by atoms with Crippen LogP contribution in [0.3, 0.4) is 0 Å². The van der Waals surface area contributed by atoms with Gasteiger partial charge in [-0.15, -0.1) is 0 Å². The summed E-state index contributed by atoms with van der Waals surface area (Å²) in [7, 11) is 0. The fraction of sp³-hybridized carbons (Fsp3) is 0.500. The van der Waals surface area contributed by atoms with Crippen molar-refractivity contribution in [1.29, 1.82) is 0 Å². The SMILES string of the molecule is CCCC(C)CC(C(=O)O)c1ccc(O)c(Br)c1. The number of rotatable bonds is 6. The molecule has 0 saturated carbocycles. The Balaban J connectivity index is 2.90. The smallest absolute Gasteiger partial charge is 0.310 e. The average Bonchev–Trinajstić information content (AvgIpc) is 2.30. The molecule has 0 saturated heterocycles. The second kappa shape index (κ2) is 6.78. The van der Waals surface area contributed by atoms with E-state index in [2.05, 4.69) is 29.8 Å². The summed E-state index contributed by atoms with van der Waals surface area (Å²) in [5.41, 5.74) is 0.732. The number of phenolic OH excluding ortho intramolecular Hbond substituents is 1. The molecule has 0 aliphatic heterocycles. The molecule has 0 spiro atoms. The summed E-state index contributed by atoms with van der Waals surface area (Å²) in [6.45, 7) is 4.18. The van der Waals surface area contributed by atoms with E-state index in [1.165, 1.54) is 6.07 Å². The zero-order valence-corrected chi connectivity index (χ0v) is 12.3. The zero-order chi connectivity index (χ0) is 13.7. The molecule has 4 heteroatoms. The Morgan fingerprint density at radius 3 is 2.61 bits per heavy atom. The van der Waals surface area contributed by atoms with Crippen LogP contribution in [0.1, 0.15) is 44.6 Å². The summed E-state index contributed by atoms with van der Waals surface area (Å²) in [6.07, 6.45) is 2.72. The maximum atomic E-state index is 11.4. The van der Waals surface area contributed by atoms with Crippen molar-refractivity contribution >= 4 is 21.9 Å². The molecule has 0 radical (unpaired) electrons. The van der Waals surface area contributed by atoms with E-state index in [9.17, 15) is 15.0 Å². The van der Waals surface area contributed by atoms with E-state index < -0.39 is 11.9 Å². The molecule has 18 heavy (non-hydrogen) atoms. The Hall–Kier alpha value is -1.03. The average molecular weight is 315 g/mol. The number of benzene rings is 1. The third-order valence-electron chi connectivity index (χ3n) is 3.09. The predicted octanol–water partition coefficient (Wildman–Crippen LogP) is 4.15. The molecule has 0 amide bonds. The molecular formula is C14H19BrO3. The molecule has 100 valence electrons. The lowest BCUT2D eigenvalue weighted by atomic mass is 9.87. The lowest BCUT2D eigenvalue weighted by molar-refractivity contribution is -0.139. The minimum Gasteiger partial charge on any atom is -0.507 e. The van der Waals surface area contributed by atoms with Gasteiger partial charge in [0.25, 0.3) is 0 Å². The number of halogens is 1. The number of hydrogen-bond acceptors (Lipinski definition) is 2. The first-order valence-electron chi connectivity index (χ1n) is 6.16. The summed E-state index contributed by atoms with van der Waals surface area (Å²) in [5.74, 6) is -0.813. The van der Waals surface area contributed by atoms with E-state index in [0.717, 1.165) is 18.4 Å². The lowest BCUT2D eigenvalue weighted by Gasteiger charge is -2.18. The van der Waals surface area contributed by atoms with Crippen LogP contribution in [0.15, 0.2) is 22.7 Å². The van der Waals surface area contributed by atoms with Crippen LogP contribution in [0.5, 0.6) is 5.75 Å². The number of carboxylic acids is 1. The minimum absolute atomic E-state index is 0.129. The van der Waals surface area contributed by atoms with Crippen LogP contribution in [-0.4, -0.2) is 16.2 Å². The number of aliphatic carboxylic acids is 1. The van der Waals surface area contributed by atoms with Crippen LogP contribution in [0, 0.1) is 5.92 Å². The normalized spacial score (nSPS) is 14.2. The van der Waals surface area contributed by atoms with E-state index in [4.69, 9.17) is 0 Å². The lowest BCUT2D eigenvalue weighted by Crippen LogP contribution is -2.15. The molecule has 1 aromatic rings. The van der Waals surface area contributed by atoms with Gasteiger partial charge in [0.15, 0.2) is 0 Å². The van der Waals surface area contributed by atoms with Crippen LogP contribution in [0.2, 0.25) is 0 Å². The summed E-state index contributed by atoms with van der Waals surface area (Å²) in [6, 6.07) is 4.89. The Morgan fingerprint density at radius 1 is 1.44 bits per heavy atom. The van der Waals surface area contributed by atoms with Gasteiger partial charge >= 0.3 is 5.97 Å². The van der Waals surface area contributed by atoms with Crippen molar-refractivity contribution in [2.45, 2.75) is 39.0 Å². The van der Waals surface area contributed by atoms with Crippen LogP contribution < -0.4 is 0 Å². The first-order valence-corrected chi connectivity index (χ1v) is 6.96. The van der Waals surface area contributed by atoms with Crippen molar-refractivity contribution < 1.29 is 15.0 Å². The van der Waals surface area contributed by atoms with Crippen LogP contribution in [0.25, 0.3) is 0 Å². The van der Waals surface area contributed by atoms with Gasteiger partial charge in [-0.1, -0.05) is 32.8 Å². The predicted molar refractivity (Wildman–Crippen MR) is 74.9 cm³/mol. The highest BCUT2D eigenvalue weighted by molar-refractivity contribution is 9.10. The Labute approximate surface area is 116 Å². The molecule has 0 aliphatic carbocycles. The minimum atomic E-state index is -0.810. The van der Waals surface area contributed by atoms with E-state index in [0.29, 0.717) is 16.8 Å². The highest BCUT2D eigenvalue weighted by Crippen LogP contribution is 2.31. The highest BCUT2D eigenvalue weighted by Gasteiger charge is 2.22. The number of hydrogen-bond donors (Lipinski definition) is 2. The molecule has 2 N–H and O–H groups in total. The topological polar surface area (TPSA) is 57.5 Å². The molecule has 2 atom stereocenters. The largest absolute Gasteiger partial charge is 0.507 e. The first kappa shape index (κ1) is 15.0. The zero-order valence-electron chi connectivity index (χ0n) is 10.7. The van der Waals surface area contributed by atoms with Gasteiger partial charge in [0, 0.05) is 0 Å². The number of carboxylic acid groups (broad SMARTS) is 1. The Morgan fingerprint density at radius 2 is 2.11 bits per heavy atom. The summed E-state index contributed by atoms with van der Waals surface area (Å²) in [5, 5.41) is 18.8. The van der Waals surface area contributed by atoms with Crippen molar-refractivity contribution in [3.05, 3.63) is 28.2 Å². The molecule has 0 heterocycles. The van der Waals surface area contributed by atoms with Crippen molar-refractivity contribution in [2.24, 2.45) is 5.92 Å². The molecule has 0 fully saturated rings. The fourth-order valence-corrected chi connectivity index (χ4v) is 2.53. The molecule has 1 aromatic carbocycles. The summed E-state index contributed by atoms with van der Waals surface area (Å²) >= 11 is 3.22. The van der Waals surface area contributed by atoms with Gasteiger partial charge in [-0.25, -0.2) is 0 Å². The van der Waals surface area contributed by atoms with E-state index in [-0.39, 0.29) is 5.75 Å². The van der Waals surface area contributed by atoms with Gasteiger partial charge in [0.1, 0.15) is 5.75 Å². The van der Waals surface area contributed by atoms with Crippen LogP contribution in [-0.2, 0) is 4.79 Å². The fourth-order valence-electron chi connectivity index (χ4n) is 2.13. The summed E-state index contributed by atoms with van der Waals surface area (Å²) in [4.78, 5) is 11.4. The van der Waals surface area contributed by atoms with Gasteiger partial charge < -0.3 is 10.2 Å². The quantitative estimate of drug-likeness (QED) is 0.829. The van der Waals surface area contributed by atoms with E-state index >= 15 is 0 Å². The Kier molecular flexibility index (Phi) is 5.66. The second-order valence-electron chi connectivity index (χ2n) is 4.73. The van der Waals surface area contributed by atoms with Crippen LogP contribution >= 0.6 is 15.9 Å². The molecule has 2 unspecified atom stereocenters. The van der Waals surface area contributed by atoms with Crippen molar-refractivity contribution in [3.8, 4) is 5.75 Å². The molecular weight excluding hydrogens is 296 g/mol. The van der Waals surface area contributed by atoms with Crippen molar-refractivity contribution in [3.63, 3.8) is 0 Å². The highest BCUT2D eigenvalue weighted by atomic mass is 79.9. The van der Waals surface area contributed by atoms with Gasteiger partial charge in [0.2, 0.25) is 0 Å². The maximum absolute atomic E-state index is 11.4. The summed E-state index contributed by atoms with van der Waals surface area (Å²) < 4.78 is 0.536. The van der Waals surface area contributed by atoms with Crippen molar-refractivity contribution in [2.75, 3.05) is 0 Å². The van der Waals surface area contributed by atoms with E-state index in [1.54, 1.807) is 12.1 Å². The third-order valence-corrected chi connectivity index (χ3v) is 3.73. The standard InChI is InChI=1S/C14H19BrO3/c1-3-4-9(2)7-11(14(17)18)10-5-6-13(16)12(15)8-10/h5-6,8-9,11,16H,3-4,7H2,1-2H3,(H,17,18). The Bertz CT molecular complexity index is 418. The monoisotopic (exact) mass is 314 g/mol. The number of carbonyl (C=O) groups is 1. The number of phenols is 1. The molecule has 1 rings (SSSR count). The van der Waals surface area contributed by atoms with Gasteiger partial charge in [-0.3, -0.25) is 4.79 Å². The van der Waals surface area contributed by atoms with Gasteiger partial charge in [0.05, 0.1) is 10.4 Å². The number of aromatic hydroxyl groups is 1. The molecule has 0 aromatic heterocycles. The molecule has 0 aliphatic rings. The van der Waals surface area contributed by atoms with Gasteiger partial charge in [-0.05, 0) is 46.0 Å². The van der Waals surface area contributed by atoms with Gasteiger partial charge in [-0.2, -0.15) is 0 Å². The first-order chi connectivity index (χ1) is 8.45. The maximum Gasteiger partial charge on any atom is 0.310 e. The second-order valence-corrected chi connectivity index (χ2v) is 5.59. The van der Waals surface area contributed by atoms with Crippen molar-refractivity contribution in [1.82, 2.24) is 0 Å². The van der Waals surface area contributed by atoms with E-state index in [1.807, 2.05) is 0 Å². The molecule has 0 bridgehead atoms.